The predicted molar refractivity (Wildman–Crippen MR) is 104 cm³/mol. The molecule has 2 aromatic carbocycles. The minimum atomic E-state index is -1.28. The predicted octanol–water partition coefficient (Wildman–Crippen LogP) is 4.85. The van der Waals surface area contributed by atoms with Gasteiger partial charge in [0.1, 0.15) is 0 Å². The van der Waals surface area contributed by atoms with Crippen LogP contribution in [0.25, 0.3) is 0 Å². The smallest absolute Gasteiger partial charge is 0.252 e. The molecule has 3 rings (SSSR count). The molecule has 2 aromatic rings. The first-order chi connectivity index (χ1) is 11.9. The summed E-state index contributed by atoms with van der Waals surface area (Å²) in [6.45, 7) is 4.01. The summed E-state index contributed by atoms with van der Waals surface area (Å²) in [6.07, 6.45) is 0. The van der Waals surface area contributed by atoms with E-state index >= 15 is 0 Å². The summed E-state index contributed by atoms with van der Waals surface area (Å²) < 4.78 is -1.28. The lowest BCUT2D eigenvalue weighted by atomic mass is 10.1. The van der Waals surface area contributed by atoms with Gasteiger partial charge in [-0.3, -0.25) is 9.59 Å². The number of rotatable bonds is 3. The second-order valence-corrected chi connectivity index (χ2v) is 8.03. The standard InChI is InChI=1S/C18H16Cl2N2O2S/c1-3-22-14-6-4-5-7-15(14)25-18(2,17(22)24)16(23)21-13-9-8-11(19)10-12(13)20/h4-10H,3H2,1-2H3,(H,21,23). The van der Waals surface area contributed by atoms with E-state index in [1.165, 1.54) is 11.8 Å². The Morgan fingerprint density at radius 2 is 1.96 bits per heavy atom. The Morgan fingerprint density at radius 1 is 1.24 bits per heavy atom. The molecule has 0 spiro atoms. The fraction of sp³-hybridized carbons (Fsp3) is 0.222. The van der Waals surface area contributed by atoms with Crippen LogP contribution >= 0.6 is 35.0 Å². The molecule has 1 aliphatic heterocycles. The average molecular weight is 395 g/mol. The molecule has 0 bridgehead atoms. The van der Waals surface area contributed by atoms with E-state index in [1.54, 1.807) is 30.0 Å². The number of benzene rings is 2. The summed E-state index contributed by atoms with van der Waals surface area (Å²) in [6, 6.07) is 12.4. The van der Waals surface area contributed by atoms with E-state index in [0.29, 0.717) is 22.3 Å². The maximum Gasteiger partial charge on any atom is 0.252 e. The Labute approximate surface area is 160 Å². The Balaban J connectivity index is 1.95. The molecule has 1 unspecified atom stereocenters. The molecule has 1 N–H and O–H groups in total. The van der Waals surface area contributed by atoms with Crippen molar-refractivity contribution in [1.82, 2.24) is 0 Å². The van der Waals surface area contributed by atoms with Crippen LogP contribution in [0.4, 0.5) is 11.4 Å². The van der Waals surface area contributed by atoms with Crippen LogP contribution in [0.2, 0.25) is 10.0 Å². The van der Waals surface area contributed by atoms with Gasteiger partial charge in [-0.25, -0.2) is 0 Å². The Bertz CT molecular complexity index is 859. The summed E-state index contributed by atoms with van der Waals surface area (Å²) in [5.41, 5.74) is 1.25. The lowest BCUT2D eigenvalue weighted by molar-refractivity contribution is -0.128. The molecule has 0 fully saturated rings. The van der Waals surface area contributed by atoms with Gasteiger partial charge in [0.25, 0.3) is 5.91 Å². The van der Waals surface area contributed by atoms with Crippen LogP contribution in [0.3, 0.4) is 0 Å². The summed E-state index contributed by atoms with van der Waals surface area (Å²) in [7, 11) is 0. The monoisotopic (exact) mass is 394 g/mol. The molecule has 0 aliphatic carbocycles. The molecule has 0 radical (unpaired) electrons. The van der Waals surface area contributed by atoms with Crippen LogP contribution in [0.15, 0.2) is 47.4 Å². The van der Waals surface area contributed by atoms with Crippen molar-refractivity contribution in [3.05, 3.63) is 52.5 Å². The van der Waals surface area contributed by atoms with Crippen molar-refractivity contribution in [1.29, 1.82) is 0 Å². The molecule has 0 saturated carbocycles. The quantitative estimate of drug-likeness (QED) is 0.756. The van der Waals surface area contributed by atoms with Gasteiger partial charge in [-0.2, -0.15) is 0 Å². The van der Waals surface area contributed by atoms with E-state index in [4.69, 9.17) is 23.2 Å². The second-order valence-electron chi connectivity index (χ2n) is 5.73. The molecule has 0 saturated heterocycles. The fourth-order valence-corrected chi connectivity index (χ4v) is 4.35. The zero-order valence-electron chi connectivity index (χ0n) is 13.7. The van der Waals surface area contributed by atoms with Crippen LogP contribution in [0.1, 0.15) is 13.8 Å². The zero-order chi connectivity index (χ0) is 18.2. The summed E-state index contributed by atoms with van der Waals surface area (Å²) >= 11 is 13.3. The highest BCUT2D eigenvalue weighted by Gasteiger charge is 2.49. The van der Waals surface area contributed by atoms with Crippen molar-refractivity contribution in [2.45, 2.75) is 23.5 Å². The molecule has 130 valence electrons. The molecule has 1 atom stereocenters. The third-order valence-corrected chi connectivity index (χ3v) is 5.93. The number of hydrogen-bond donors (Lipinski definition) is 1. The number of nitrogens with zero attached hydrogens (tertiary/aromatic N) is 1. The fourth-order valence-electron chi connectivity index (χ4n) is 2.69. The van der Waals surface area contributed by atoms with Gasteiger partial charge in [0.15, 0.2) is 4.75 Å². The number of fused-ring (bicyclic) bond motifs is 1. The Morgan fingerprint density at radius 3 is 2.64 bits per heavy atom. The number of halogens is 2. The number of hydrogen-bond acceptors (Lipinski definition) is 3. The van der Waals surface area contributed by atoms with Gasteiger partial charge in [0.2, 0.25) is 5.91 Å². The van der Waals surface area contributed by atoms with Crippen molar-refractivity contribution >= 4 is 58.2 Å². The van der Waals surface area contributed by atoms with Gasteiger partial charge >= 0.3 is 0 Å². The number of nitrogens with one attached hydrogen (secondary N) is 1. The lowest BCUT2D eigenvalue weighted by Crippen LogP contribution is -2.54. The normalized spacial score (nSPS) is 19.5. The zero-order valence-corrected chi connectivity index (χ0v) is 16.0. The Kier molecular flexibility index (Phi) is 5.00. The molecule has 7 heteroatoms. The summed E-state index contributed by atoms with van der Waals surface area (Å²) in [4.78, 5) is 28.5. The highest BCUT2D eigenvalue weighted by Crippen LogP contribution is 2.45. The first-order valence-electron chi connectivity index (χ1n) is 7.73. The van der Waals surface area contributed by atoms with Crippen LogP contribution < -0.4 is 10.2 Å². The molecule has 0 aromatic heterocycles. The van der Waals surface area contributed by atoms with E-state index in [2.05, 4.69) is 5.32 Å². The van der Waals surface area contributed by atoms with E-state index in [9.17, 15) is 9.59 Å². The van der Waals surface area contributed by atoms with Crippen molar-refractivity contribution in [2.75, 3.05) is 16.8 Å². The largest absolute Gasteiger partial charge is 0.323 e. The molecular weight excluding hydrogens is 379 g/mol. The van der Waals surface area contributed by atoms with Crippen molar-refractivity contribution in [3.8, 4) is 0 Å². The summed E-state index contributed by atoms with van der Waals surface area (Å²) in [5, 5.41) is 3.56. The molecule has 1 heterocycles. The SMILES string of the molecule is CCN1C(=O)C(C)(C(=O)Nc2ccc(Cl)cc2Cl)Sc2ccccc21. The lowest BCUT2D eigenvalue weighted by Gasteiger charge is -2.38. The van der Waals surface area contributed by atoms with Crippen molar-refractivity contribution < 1.29 is 9.59 Å². The van der Waals surface area contributed by atoms with Gasteiger partial charge in [-0.15, -0.1) is 0 Å². The minimum absolute atomic E-state index is 0.249. The molecular formula is C18H16Cl2N2O2S. The molecule has 2 amide bonds. The molecule has 4 nitrogen and oxygen atoms in total. The van der Waals surface area contributed by atoms with Gasteiger partial charge in [-0.05, 0) is 44.2 Å². The van der Waals surface area contributed by atoms with Crippen molar-refractivity contribution in [2.24, 2.45) is 0 Å². The minimum Gasteiger partial charge on any atom is -0.323 e. The van der Waals surface area contributed by atoms with Crippen LogP contribution in [-0.2, 0) is 9.59 Å². The van der Waals surface area contributed by atoms with E-state index in [0.717, 1.165) is 10.6 Å². The molecule has 25 heavy (non-hydrogen) atoms. The third kappa shape index (κ3) is 3.24. The maximum atomic E-state index is 13.0. The topological polar surface area (TPSA) is 49.4 Å². The molecule has 1 aliphatic rings. The highest BCUT2D eigenvalue weighted by molar-refractivity contribution is 8.02. The third-order valence-electron chi connectivity index (χ3n) is 4.05. The number of carbonyl (C=O) groups excluding carboxylic acids is 2. The number of anilines is 2. The average Bonchev–Trinajstić information content (AvgIpc) is 2.58. The van der Waals surface area contributed by atoms with E-state index in [-0.39, 0.29) is 5.91 Å². The number of thioether (sulfide) groups is 1. The van der Waals surface area contributed by atoms with E-state index in [1.807, 2.05) is 31.2 Å². The second kappa shape index (κ2) is 6.90. The van der Waals surface area contributed by atoms with E-state index < -0.39 is 10.7 Å². The first-order valence-corrected chi connectivity index (χ1v) is 9.30. The van der Waals surface area contributed by atoms with Crippen molar-refractivity contribution in [3.63, 3.8) is 0 Å². The van der Waals surface area contributed by atoms with Crippen LogP contribution in [-0.4, -0.2) is 23.1 Å². The van der Waals surface area contributed by atoms with Crippen LogP contribution in [0.5, 0.6) is 0 Å². The summed E-state index contributed by atoms with van der Waals surface area (Å²) in [5.74, 6) is -0.666. The number of para-hydroxylation sites is 1. The van der Waals surface area contributed by atoms with Gasteiger partial charge in [-0.1, -0.05) is 47.1 Å². The number of carbonyl (C=O) groups is 2. The number of amides is 2. The van der Waals surface area contributed by atoms with Gasteiger partial charge in [0, 0.05) is 16.5 Å². The highest BCUT2D eigenvalue weighted by atomic mass is 35.5. The first kappa shape index (κ1) is 18.1. The van der Waals surface area contributed by atoms with Crippen LogP contribution in [0, 0.1) is 0 Å². The van der Waals surface area contributed by atoms with Gasteiger partial charge in [0.05, 0.1) is 16.4 Å². The van der Waals surface area contributed by atoms with Gasteiger partial charge < -0.3 is 10.2 Å². The maximum absolute atomic E-state index is 13.0. The Hall–Kier alpha value is -1.69.